The van der Waals surface area contributed by atoms with Crippen molar-refractivity contribution in [2.75, 3.05) is 12.4 Å². The molecule has 1 amide bonds. The van der Waals surface area contributed by atoms with Gasteiger partial charge in [0.2, 0.25) is 11.8 Å². The molecule has 1 aromatic carbocycles. The molecule has 0 saturated carbocycles. The number of anilines is 1. The van der Waals surface area contributed by atoms with E-state index in [1.54, 1.807) is 19.1 Å². The lowest BCUT2D eigenvalue weighted by molar-refractivity contribution is -0.111. The Morgan fingerprint density at radius 3 is 2.81 bits per heavy atom. The van der Waals surface area contributed by atoms with Crippen molar-refractivity contribution >= 4 is 40.2 Å². The van der Waals surface area contributed by atoms with E-state index in [0.29, 0.717) is 28.2 Å². The summed E-state index contributed by atoms with van der Waals surface area (Å²) in [5, 5.41) is 9.96. The Hall–Kier alpha value is -2.93. The predicted octanol–water partition coefficient (Wildman–Crippen LogP) is 4.03. The molecule has 0 aliphatic rings. The maximum Gasteiger partial charge on any atom is 0.248 e. The van der Waals surface area contributed by atoms with Crippen molar-refractivity contribution in [1.82, 2.24) is 15.2 Å². The molecule has 0 spiro atoms. The number of carbonyl (C=O) groups is 1. The second kappa shape index (κ2) is 7.13. The number of rotatable bonds is 4. The third kappa shape index (κ3) is 3.52. The number of hydrogen-bond donors (Lipinski definition) is 2. The number of aromatic nitrogens is 3. The molecule has 2 N–H and O–H groups in total. The SMILES string of the molecule is COc1cc(C)c(NC(=O)/C=C/c2cc3[nH]nc(Cl)c3cc2F)c(C)n1. The summed E-state index contributed by atoms with van der Waals surface area (Å²) in [6.45, 7) is 3.61. The van der Waals surface area contributed by atoms with Gasteiger partial charge in [-0.3, -0.25) is 9.89 Å². The highest BCUT2D eigenvalue weighted by molar-refractivity contribution is 6.34. The number of ether oxygens (including phenoxy) is 1. The lowest BCUT2D eigenvalue weighted by atomic mass is 10.1. The molecular weight excluding hydrogens is 359 g/mol. The Bertz CT molecular complexity index is 1010. The van der Waals surface area contributed by atoms with Crippen LogP contribution in [0.15, 0.2) is 24.3 Å². The lowest BCUT2D eigenvalue weighted by Gasteiger charge is -2.11. The largest absolute Gasteiger partial charge is 0.481 e. The Morgan fingerprint density at radius 1 is 1.35 bits per heavy atom. The van der Waals surface area contributed by atoms with Crippen LogP contribution in [0.4, 0.5) is 10.1 Å². The van der Waals surface area contributed by atoms with E-state index in [-0.39, 0.29) is 10.7 Å². The van der Waals surface area contributed by atoms with E-state index in [1.807, 2.05) is 6.92 Å². The summed E-state index contributed by atoms with van der Waals surface area (Å²) in [5.74, 6) is -0.421. The first-order chi connectivity index (χ1) is 12.4. The van der Waals surface area contributed by atoms with Crippen LogP contribution in [0.1, 0.15) is 16.8 Å². The van der Waals surface area contributed by atoms with Gasteiger partial charge in [0.1, 0.15) is 5.82 Å². The summed E-state index contributed by atoms with van der Waals surface area (Å²) in [5.41, 5.74) is 2.87. The fraction of sp³-hybridized carbons (Fsp3) is 0.167. The van der Waals surface area contributed by atoms with Gasteiger partial charge in [-0.15, -0.1) is 0 Å². The van der Waals surface area contributed by atoms with Crippen LogP contribution in [0.25, 0.3) is 17.0 Å². The van der Waals surface area contributed by atoms with Crippen molar-refractivity contribution in [3.05, 3.63) is 52.1 Å². The molecule has 6 nitrogen and oxygen atoms in total. The van der Waals surface area contributed by atoms with Crippen molar-refractivity contribution < 1.29 is 13.9 Å². The number of pyridine rings is 1. The van der Waals surface area contributed by atoms with Crippen LogP contribution >= 0.6 is 11.6 Å². The second-order valence-corrected chi connectivity index (χ2v) is 6.06. The molecule has 0 saturated heterocycles. The predicted molar refractivity (Wildman–Crippen MR) is 99.0 cm³/mol. The number of halogens is 2. The Balaban J connectivity index is 1.81. The highest BCUT2D eigenvalue weighted by Gasteiger charge is 2.11. The zero-order chi connectivity index (χ0) is 18.8. The van der Waals surface area contributed by atoms with E-state index in [4.69, 9.17) is 16.3 Å². The molecule has 0 fully saturated rings. The zero-order valence-corrected chi connectivity index (χ0v) is 15.1. The first-order valence-electron chi connectivity index (χ1n) is 7.73. The van der Waals surface area contributed by atoms with Gasteiger partial charge in [0.25, 0.3) is 0 Å². The summed E-state index contributed by atoms with van der Waals surface area (Å²) in [6.07, 6.45) is 2.64. The standard InChI is InChI=1S/C18H16ClFN4O2/c1-9-6-16(26-3)21-10(2)17(9)22-15(25)5-4-11-7-14-12(8-13(11)20)18(19)24-23-14/h4-8H,1-3H3,(H,22,25)(H,23,24)/b5-4+. The summed E-state index contributed by atoms with van der Waals surface area (Å²) < 4.78 is 19.3. The molecule has 0 bridgehead atoms. The third-order valence-electron chi connectivity index (χ3n) is 3.88. The average molecular weight is 375 g/mol. The van der Waals surface area contributed by atoms with Gasteiger partial charge in [0.05, 0.1) is 24.0 Å². The van der Waals surface area contributed by atoms with Gasteiger partial charge in [-0.1, -0.05) is 11.6 Å². The highest BCUT2D eigenvalue weighted by Crippen LogP contribution is 2.25. The minimum absolute atomic E-state index is 0.199. The molecular formula is C18H16ClFN4O2. The normalized spacial score (nSPS) is 11.3. The van der Waals surface area contributed by atoms with Crippen LogP contribution in [0.5, 0.6) is 5.88 Å². The van der Waals surface area contributed by atoms with E-state index >= 15 is 0 Å². The van der Waals surface area contributed by atoms with Crippen molar-refractivity contribution in [3.63, 3.8) is 0 Å². The van der Waals surface area contributed by atoms with Gasteiger partial charge < -0.3 is 10.1 Å². The Morgan fingerprint density at radius 2 is 2.12 bits per heavy atom. The van der Waals surface area contributed by atoms with Gasteiger partial charge >= 0.3 is 0 Å². The van der Waals surface area contributed by atoms with E-state index in [0.717, 1.165) is 5.56 Å². The van der Waals surface area contributed by atoms with Crippen molar-refractivity contribution in [1.29, 1.82) is 0 Å². The number of hydrogen-bond acceptors (Lipinski definition) is 4. The maximum atomic E-state index is 14.2. The van der Waals surface area contributed by atoms with Crippen molar-refractivity contribution in [2.45, 2.75) is 13.8 Å². The van der Waals surface area contributed by atoms with Gasteiger partial charge in [0, 0.05) is 23.1 Å². The van der Waals surface area contributed by atoms with Crippen LogP contribution in [0.3, 0.4) is 0 Å². The van der Waals surface area contributed by atoms with E-state index in [2.05, 4.69) is 20.5 Å². The molecule has 26 heavy (non-hydrogen) atoms. The summed E-state index contributed by atoms with van der Waals surface area (Å²) in [4.78, 5) is 16.4. The monoisotopic (exact) mass is 374 g/mol. The second-order valence-electron chi connectivity index (χ2n) is 5.70. The summed E-state index contributed by atoms with van der Waals surface area (Å²) in [6, 6.07) is 4.54. The molecule has 0 aliphatic heterocycles. The number of H-pyrrole nitrogens is 1. The number of methoxy groups -OCH3 is 1. The highest BCUT2D eigenvalue weighted by atomic mass is 35.5. The van der Waals surface area contributed by atoms with Gasteiger partial charge in [0.15, 0.2) is 5.15 Å². The molecule has 0 unspecified atom stereocenters. The zero-order valence-electron chi connectivity index (χ0n) is 14.4. The maximum absolute atomic E-state index is 14.2. The first-order valence-corrected chi connectivity index (χ1v) is 8.11. The molecule has 0 radical (unpaired) electrons. The molecule has 2 aromatic heterocycles. The fourth-order valence-corrected chi connectivity index (χ4v) is 2.77. The van der Waals surface area contributed by atoms with E-state index in [9.17, 15) is 9.18 Å². The van der Waals surface area contributed by atoms with Crippen molar-refractivity contribution in [2.24, 2.45) is 0 Å². The molecule has 8 heteroatoms. The van der Waals surface area contributed by atoms with Gasteiger partial charge in [-0.25, -0.2) is 9.37 Å². The van der Waals surface area contributed by atoms with E-state index in [1.165, 1.54) is 25.3 Å². The Labute approximate surface area is 154 Å². The van der Waals surface area contributed by atoms with Crippen LogP contribution in [0, 0.1) is 19.7 Å². The quantitative estimate of drug-likeness (QED) is 0.676. The number of fused-ring (bicyclic) bond motifs is 1. The molecule has 0 atom stereocenters. The van der Waals surface area contributed by atoms with Crippen LogP contribution in [-0.2, 0) is 4.79 Å². The number of aryl methyl sites for hydroxylation is 2. The third-order valence-corrected chi connectivity index (χ3v) is 4.17. The molecule has 0 aliphatic carbocycles. The summed E-state index contributed by atoms with van der Waals surface area (Å²) in [7, 11) is 1.53. The molecule has 3 rings (SSSR count). The number of amides is 1. The number of benzene rings is 1. The van der Waals surface area contributed by atoms with Gasteiger partial charge in [-0.2, -0.15) is 5.10 Å². The van der Waals surface area contributed by atoms with Crippen LogP contribution in [-0.4, -0.2) is 28.2 Å². The van der Waals surface area contributed by atoms with Crippen LogP contribution in [0.2, 0.25) is 5.15 Å². The topological polar surface area (TPSA) is 79.9 Å². The molecule has 2 heterocycles. The average Bonchev–Trinajstić information content (AvgIpc) is 2.96. The summed E-state index contributed by atoms with van der Waals surface area (Å²) >= 11 is 5.86. The number of nitrogens with zero attached hydrogens (tertiary/aromatic N) is 2. The lowest BCUT2D eigenvalue weighted by Crippen LogP contribution is -2.11. The number of nitrogens with one attached hydrogen (secondary N) is 2. The fourth-order valence-electron chi connectivity index (χ4n) is 2.57. The first kappa shape index (κ1) is 17.9. The number of aromatic amines is 1. The smallest absolute Gasteiger partial charge is 0.248 e. The van der Waals surface area contributed by atoms with Gasteiger partial charge in [-0.05, 0) is 37.6 Å². The van der Waals surface area contributed by atoms with Crippen LogP contribution < -0.4 is 10.1 Å². The molecule has 3 aromatic rings. The Kier molecular flexibility index (Phi) is 4.90. The number of carbonyl (C=O) groups excluding carboxylic acids is 1. The minimum Gasteiger partial charge on any atom is -0.481 e. The van der Waals surface area contributed by atoms with E-state index < -0.39 is 11.7 Å². The van der Waals surface area contributed by atoms with Crippen molar-refractivity contribution in [3.8, 4) is 5.88 Å². The molecule has 134 valence electrons. The minimum atomic E-state index is -0.497.